The Labute approximate surface area is 82.3 Å². The van der Waals surface area contributed by atoms with Gasteiger partial charge in [-0.25, -0.2) is 0 Å². The van der Waals surface area contributed by atoms with Crippen LogP contribution in [0.4, 0.5) is 0 Å². The average Bonchev–Trinajstić information content (AvgIpc) is 2.54. The van der Waals surface area contributed by atoms with Crippen LogP contribution in [-0.4, -0.2) is 0 Å². The molecule has 0 fully saturated rings. The van der Waals surface area contributed by atoms with Gasteiger partial charge < -0.3 is 0 Å². The molecule has 0 heterocycles. The summed E-state index contributed by atoms with van der Waals surface area (Å²) >= 11 is 0. The first kappa shape index (κ1) is 10.4. The molecule has 0 amide bonds. The summed E-state index contributed by atoms with van der Waals surface area (Å²) in [6, 6.07) is 2.41. The Morgan fingerprint density at radius 1 is 1.00 bits per heavy atom. The van der Waals surface area contributed by atoms with E-state index in [1.165, 1.54) is 25.7 Å². The highest BCUT2D eigenvalue weighted by Crippen LogP contribution is 2.25. The maximum atomic E-state index is 2.41. The molecule has 0 radical (unpaired) electrons. The predicted octanol–water partition coefficient (Wildman–Crippen LogP) is 3.66. The zero-order chi connectivity index (χ0) is 9.84. The van der Waals surface area contributed by atoms with Crippen molar-refractivity contribution in [2.45, 2.75) is 53.4 Å². The van der Waals surface area contributed by atoms with E-state index in [-0.39, 0.29) is 0 Å². The van der Waals surface area contributed by atoms with Crippen molar-refractivity contribution in [2.24, 2.45) is 0 Å². The van der Waals surface area contributed by atoms with E-state index >= 15 is 0 Å². The molecule has 1 aromatic carbocycles. The Balaban J connectivity index is 3.17. The summed E-state index contributed by atoms with van der Waals surface area (Å²) in [5.41, 5.74) is 6.41. The van der Waals surface area contributed by atoms with Crippen molar-refractivity contribution in [3.63, 3.8) is 0 Å². The average molecular weight is 177 g/mol. The number of aryl methyl sites for hydroxylation is 2. The van der Waals surface area contributed by atoms with E-state index in [9.17, 15) is 0 Å². The Hall–Kier alpha value is -0.650. The van der Waals surface area contributed by atoms with Gasteiger partial charge in [0.25, 0.3) is 0 Å². The highest BCUT2D eigenvalue weighted by atomic mass is 14.2. The molecule has 74 valence electrons. The van der Waals surface area contributed by atoms with E-state index in [2.05, 4.69) is 33.8 Å². The minimum atomic E-state index is 1.19. The minimum absolute atomic E-state index is 1.19. The van der Waals surface area contributed by atoms with Gasteiger partial charge in [-0.15, -0.1) is 0 Å². The molecule has 0 unspecified atom stereocenters. The van der Waals surface area contributed by atoms with Gasteiger partial charge in [0, 0.05) is 0 Å². The quantitative estimate of drug-likeness (QED) is 0.616. The molecular weight excluding hydrogens is 156 g/mol. The van der Waals surface area contributed by atoms with Crippen molar-refractivity contribution < 1.29 is 0 Å². The summed E-state index contributed by atoms with van der Waals surface area (Å²) in [7, 11) is 0. The standard InChI is InChI=1S/C13H21/c1-5-10-9-11(6-2)13(8-4)12(10)7-3/h9H,5-8H2,1-4H3/q-1. The third kappa shape index (κ3) is 1.82. The molecule has 0 heteroatoms. The summed E-state index contributed by atoms with van der Waals surface area (Å²) in [5.74, 6) is 0. The second-order valence-corrected chi connectivity index (χ2v) is 3.57. The van der Waals surface area contributed by atoms with Crippen LogP contribution >= 0.6 is 0 Å². The smallest absolute Gasteiger partial charge is 0.0538 e. The van der Waals surface area contributed by atoms with Gasteiger partial charge in [0.1, 0.15) is 0 Å². The van der Waals surface area contributed by atoms with Crippen molar-refractivity contribution in [3.05, 3.63) is 28.3 Å². The molecule has 0 N–H and O–H groups in total. The van der Waals surface area contributed by atoms with E-state index in [0.717, 1.165) is 0 Å². The molecule has 0 aliphatic rings. The van der Waals surface area contributed by atoms with Gasteiger partial charge in [0.15, 0.2) is 0 Å². The van der Waals surface area contributed by atoms with Crippen LogP contribution in [0, 0.1) is 0 Å². The van der Waals surface area contributed by atoms with Gasteiger partial charge in [-0.3, -0.25) is 0 Å². The van der Waals surface area contributed by atoms with E-state index in [0.29, 0.717) is 0 Å². The van der Waals surface area contributed by atoms with Gasteiger partial charge in [-0.1, -0.05) is 53.4 Å². The largest absolute Gasteiger partial charge is 0.195 e. The summed E-state index contributed by atoms with van der Waals surface area (Å²) < 4.78 is 0. The lowest BCUT2D eigenvalue weighted by Gasteiger charge is -2.13. The van der Waals surface area contributed by atoms with Crippen LogP contribution in [0.25, 0.3) is 0 Å². The molecule has 0 aromatic heterocycles. The van der Waals surface area contributed by atoms with Gasteiger partial charge in [-0.05, 0) is 0 Å². The first-order valence-electron chi connectivity index (χ1n) is 5.57. The Kier molecular flexibility index (Phi) is 3.65. The molecule has 1 rings (SSSR count). The highest BCUT2D eigenvalue weighted by Gasteiger charge is 2.00. The number of hydrogen-bond acceptors (Lipinski definition) is 0. The van der Waals surface area contributed by atoms with E-state index < -0.39 is 0 Å². The van der Waals surface area contributed by atoms with E-state index in [1.54, 1.807) is 22.3 Å². The van der Waals surface area contributed by atoms with Crippen LogP contribution in [0.5, 0.6) is 0 Å². The van der Waals surface area contributed by atoms with E-state index in [1.807, 2.05) is 0 Å². The monoisotopic (exact) mass is 177 g/mol. The topological polar surface area (TPSA) is 0 Å². The third-order valence-electron chi connectivity index (χ3n) is 2.96. The predicted molar refractivity (Wildman–Crippen MR) is 59.5 cm³/mol. The van der Waals surface area contributed by atoms with Gasteiger partial charge in [0.05, 0.1) is 0 Å². The molecule has 0 saturated carbocycles. The Bertz CT molecular complexity index is 239. The molecule has 0 atom stereocenters. The fourth-order valence-corrected chi connectivity index (χ4v) is 2.28. The molecule has 1 aromatic rings. The highest BCUT2D eigenvalue weighted by molar-refractivity contribution is 5.45. The van der Waals surface area contributed by atoms with Gasteiger partial charge >= 0.3 is 0 Å². The van der Waals surface area contributed by atoms with Crippen LogP contribution in [0.15, 0.2) is 6.07 Å². The molecule has 0 saturated heterocycles. The van der Waals surface area contributed by atoms with Crippen LogP contribution < -0.4 is 0 Å². The zero-order valence-corrected chi connectivity index (χ0v) is 9.41. The minimum Gasteiger partial charge on any atom is -0.195 e. The van der Waals surface area contributed by atoms with Crippen LogP contribution in [0.2, 0.25) is 0 Å². The molecule has 0 nitrogen and oxygen atoms in total. The first-order chi connectivity index (χ1) is 6.28. The number of hydrogen-bond donors (Lipinski definition) is 0. The van der Waals surface area contributed by atoms with E-state index in [4.69, 9.17) is 0 Å². The molecule has 0 aliphatic carbocycles. The lowest BCUT2D eigenvalue weighted by molar-refractivity contribution is 0.992. The molecule has 0 aliphatic heterocycles. The molecule has 0 spiro atoms. The SMILES string of the molecule is CCc1c[c-](CC)c(CC)c1CC. The van der Waals surface area contributed by atoms with Crippen molar-refractivity contribution in [1.82, 2.24) is 0 Å². The summed E-state index contributed by atoms with van der Waals surface area (Å²) in [4.78, 5) is 0. The lowest BCUT2D eigenvalue weighted by Crippen LogP contribution is -1.91. The second-order valence-electron chi connectivity index (χ2n) is 3.57. The van der Waals surface area contributed by atoms with Gasteiger partial charge in [-0.2, -0.15) is 28.3 Å². The fourth-order valence-electron chi connectivity index (χ4n) is 2.28. The molecule has 0 bridgehead atoms. The second kappa shape index (κ2) is 4.55. The van der Waals surface area contributed by atoms with Crippen molar-refractivity contribution in [2.75, 3.05) is 0 Å². The van der Waals surface area contributed by atoms with Crippen molar-refractivity contribution in [1.29, 1.82) is 0 Å². The number of rotatable bonds is 4. The lowest BCUT2D eigenvalue weighted by atomic mass is 10.0. The normalized spacial score (nSPS) is 10.8. The zero-order valence-electron chi connectivity index (χ0n) is 9.41. The van der Waals surface area contributed by atoms with Crippen molar-refractivity contribution in [3.8, 4) is 0 Å². The maximum Gasteiger partial charge on any atom is -0.0538 e. The van der Waals surface area contributed by atoms with Crippen LogP contribution in [0.1, 0.15) is 49.9 Å². The van der Waals surface area contributed by atoms with Crippen LogP contribution in [0.3, 0.4) is 0 Å². The molecule has 13 heavy (non-hydrogen) atoms. The Morgan fingerprint density at radius 3 is 2.08 bits per heavy atom. The summed E-state index contributed by atoms with van der Waals surface area (Å²) in [5, 5.41) is 0. The van der Waals surface area contributed by atoms with Crippen LogP contribution in [-0.2, 0) is 25.7 Å². The van der Waals surface area contributed by atoms with Gasteiger partial charge in [0.2, 0.25) is 0 Å². The molecular formula is C13H21-. The summed E-state index contributed by atoms with van der Waals surface area (Å²) in [6.07, 6.45) is 4.78. The third-order valence-corrected chi connectivity index (χ3v) is 2.96. The summed E-state index contributed by atoms with van der Waals surface area (Å²) in [6.45, 7) is 9.06. The Morgan fingerprint density at radius 2 is 1.69 bits per heavy atom. The fraction of sp³-hybridized carbons (Fsp3) is 0.615. The maximum absolute atomic E-state index is 2.41. The van der Waals surface area contributed by atoms with Crippen molar-refractivity contribution >= 4 is 0 Å². The first-order valence-corrected chi connectivity index (χ1v) is 5.57.